The predicted molar refractivity (Wildman–Crippen MR) is 93.4 cm³/mol. The van der Waals surface area contributed by atoms with Gasteiger partial charge in [-0.2, -0.15) is 0 Å². The molecule has 4 heteroatoms. The molecule has 4 nitrogen and oxygen atoms in total. The van der Waals surface area contributed by atoms with Crippen molar-refractivity contribution < 1.29 is 9.53 Å². The van der Waals surface area contributed by atoms with Crippen LogP contribution in [0.2, 0.25) is 0 Å². The number of rotatable bonds is 7. The van der Waals surface area contributed by atoms with Gasteiger partial charge in [0.25, 0.3) is 5.91 Å². The number of benzene rings is 1. The van der Waals surface area contributed by atoms with Gasteiger partial charge in [0, 0.05) is 36.8 Å². The summed E-state index contributed by atoms with van der Waals surface area (Å²) in [5, 5.41) is 2.97. The molecule has 124 valence electrons. The van der Waals surface area contributed by atoms with Crippen LogP contribution in [0.1, 0.15) is 40.7 Å². The smallest absolute Gasteiger partial charge is 0.253 e. The summed E-state index contributed by atoms with van der Waals surface area (Å²) in [6, 6.07) is 10.2. The number of para-hydroxylation sites is 1. The van der Waals surface area contributed by atoms with E-state index in [0.717, 1.165) is 29.1 Å². The summed E-state index contributed by atoms with van der Waals surface area (Å²) in [5.41, 5.74) is 5.09. The molecule has 0 bridgehead atoms. The van der Waals surface area contributed by atoms with E-state index in [1.807, 2.05) is 39.0 Å². The number of carbonyl (C=O) groups is 1. The number of hydrogen-bond donors (Lipinski definition) is 1. The van der Waals surface area contributed by atoms with Crippen LogP contribution in [0.15, 0.2) is 30.3 Å². The van der Waals surface area contributed by atoms with E-state index < -0.39 is 0 Å². The van der Waals surface area contributed by atoms with Crippen LogP contribution < -0.4 is 5.32 Å². The van der Waals surface area contributed by atoms with Gasteiger partial charge in [0.2, 0.25) is 0 Å². The SMILES string of the molecule is CCOCCCNC(=O)c1cc(C)n(-c2ccccc2C)c1C. The maximum atomic E-state index is 12.4. The van der Waals surface area contributed by atoms with Crippen LogP contribution >= 0.6 is 0 Å². The number of nitrogens with one attached hydrogen (secondary N) is 1. The molecule has 1 heterocycles. The molecule has 1 N–H and O–H groups in total. The Morgan fingerprint density at radius 3 is 2.65 bits per heavy atom. The molecule has 0 aliphatic heterocycles. The summed E-state index contributed by atoms with van der Waals surface area (Å²) in [5.74, 6) is -0.0190. The molecule has 0 unspecified atom stereocenters. The van der Waals surface area contributed by atoms with Gasteiger partial charge < -0.3 is 14.6 Å². The van der Waals surface area contributed by atoms with Crippen molar-refractivity contribution in [3.05, 3.63) is 52.8 Å². The third-order valence-electron chi connectivity index (χ3n) is 3.99. The van der Waals surface area contributed by atoms with E-state index in [1.165, 1.54) is 5.56 Å². The second-order valence-corrected chi connectivity index (χ2v) is 5.71. The Labute approximate surface area is 138 Å². The average molecular weight is 314 g/mol. The van der Waals surface area contributed by atoms with E-state index in [4.69, 9.17) is 4.74 Å². The number of ether oxygens (including phenoxy) is 1. The third kappa shape index (κ3) is 4.02. The minimum Gasteiger partial charge on any atom is -0.382 e. The van der Waals surface area contributed by atoms with Gasteiger partial charge in [-0.3, -0.25) is 4.79 Å². The third-order valence-corrected chi connectivity index (χ3v) is 3.99. The molecule has 0 aliphatic rings. The Morgan fingerprint density at radius 1 is 1.22 bits per heavy atom. The molecular weight excluding hydrogens is 288 g/mol. The van der Waals surface area contributed by atoms with E-state index in [1.54, 1.807) is 0 Å². The van der Waals surface area contributed by atoms with Gasteiger partial charge in [0.05, 0.1) is 5.56 Å². The highest BCUT2D eigenvalue weighted by atomic mass is 16.5. The molecule has 0 saturated heterocycles. The zero-order valence-electron chi connectivity index (χ0n) is 14.5. The highest BCUT2D eigenvalue weighted by Gasteiger charge is 2.17. The van der Waals surface area contributed by atoms with Crippen LogP contribution in [0, 0.1) is 20.8 Å². The predicted octanol–water partition coefficient (Wildman–Crippen LogP) is 3.56. The standard InChI is InChI=1S/C19H26N2O2/c1-5-23-12-8-11-20-19(22)17-13-15(3)21(16(17)4)18-10-7-6-9-14(18)2/h6-7,9-10,13H,5,8,11-12H2,1-4H3,(H,20,22). The normalized spacial score (nSPS) is 10.8. The van der Waals surface area contributed by atoms with Gasteiger partial charge in [-0.25, -0.2) is 0 Å². The van der Waals surface area contributed by atoms with E-state index >= 15 is 0 Å². The quantitative estimate of drug-likeness (QED) is 0.794. The molecule has 0 spiro atoms. The maximum Gasteiger partial charge on any atom is 0.253 e. The van der Waals surface area contributed by atoms with Gasteiger partial charge in [-0.15, -0.1) is 0 Å². The van der Waals surface area contributed by atoms with Crippen LogP contribution in [0.25, 0.3) is 5.69 Å². The van der Waals surface area contributed by atoms with Crippen molar-refractivity contribution in [2.24, 2.45) is 0 Å². The lowest BCUT2D eigenvalue weighted by atomic mass is 10.2. The van der Waals surface area contributed by atoms with Crippen molar-refractivity contribution in [3.8, 4) is 5.69 Å². The first-order valence-electron chi connectivity index (χ1n) is 8.17. The fourth-order valence-electron chi connectivity index (χ4n) is 2.79. The minimum absolute atomic E-state index is 0.0190. The highest BCUT2D eigenvalue weighted by Crippen LogP contribution is 2.23. The van der Waals surface area contributed by atoms with Gasteiger partial charge in [-0.1, -0.05) is 18.2 Å². The molecule has 2 aromatic rings. The van der Waals surface area contributed by atoms with Crippen molar-refractivity contribution >= 4 is 5.91 Å². The summed E-state index contributed by atoms with van der Waals surface area (Å²) < 4.78 is 7.43. The number of aryl methyl sites for hydroxylation is 2. The van der Waals surface area contributed by atoms with Crippen LogP contribution in [0.4, 0.5) is 0 Å². The lowest BCUT2D eigenvalue weighted by Crippen LogP contribution is -2.25. The molecule has 0 radical (unpaired) electrons. The molecule has 0 fully saturated rings. The van der Waals surface area contributed by atoms with Crippen molar-refractivity contribution in [1.29, 1.82) is 0 Å². The second-order valence-electron chi connectivity index (χ2n) is 5.71. The molecule has 0 aliphatic carbocycles. The fourth-order valence-corrected chi connectivity index (χ4v) is 2.79. The zero-order valence-corrected chi connectivity index (χ0v) is 14.5. The lowest BCUT2D eigenvalue weighted by molar-refractivity contribution is 0.0943. The van der Waals surface area contributed by atoms with Crippen molar-refractivity contribution in [2.75, 3.05) is 19.8 Å². The first kappa shape index (κ1) is 17.3. The van der Waals surface area contributed by atoms with Crippen LogP contribution in [0.5, 0.6) is 0 Å². The maximum absolute atomic E-state index is 12.4. The number of nitrogens with zero attached hydrogens (tertiary/aromatic N) is 1. The topological polar surface area (TPSA) is 43.3 Å². The van der Waals surface area contributed by atoms with E-state index in [-0.39, 0.29) is 5.91 Å². The average Bonchev–Trinajstić information content (AvgIpc) is 2.83. The molecule has 1 amide bonds. The van der Waals surface area contributed by atoms with Gasteiger partial charge in [-0.05, 0) is 51.8 Å². The Hall–Kier alpha value is -2.07. The first-order valence-corrected chi connectivity index (χ1v) is 8.17. The Morgan fingerprint density at radius 2 is 1.96 bits per heavy atom. The fraction of sp³-hybridized carbons (Fsp3) is 0.421. The van der Waals surface area contributed by atoms with Gasteiger partial charge in [0.1, 0.15) is 0 Å². The van der Waals surface area contributed by atoms with Crippen molar-refractivity contribution in [1.82, 2.24) is 9.88 Å². The summed E-state index contributed by atoms with van der Waals surface area (Å²) in [6.45, 7) is 10.1. The molecule has 23 heavy (non-hydrogen) atoms. The Bertz CT molecular complexity index is 674. The molecular formula is C19H26N2O2. The Kier molecular flexibility index (Phi) is 5.99. The second kappa shape index (κ2) is 7.97. The molecule has 0 atom stereocenters. The van der Waals surface area contributed by atoms with E-state index in [2.05, 4.69) is 28.9 Å². The molecule has 1 aromatic heterocycles. The summed E-state index contributed by atoms with van der Waals surface area (Å²) in [7, 11) is 0. The van der Waals surface area contributed by atoms with Crippen LogP contribution in [-0.4, -0.2) is 30.2 Å². The summed E-state index contributed by atoms with van der Waals surface area (Å²) >= 11 is 0. The zero-order chi connectivity index (χ0) is 16.8. The van der Waals surface area contributed by atoms with E-state index in [0.29, 0.717) is 19.8 Å². The lowest BCUT2D eigenvalue weighted by Gasteiger charge is -2.12. The molecule has 2 rings (SSSR count). The Balaban J connectivity index is 2.15. The molecule has 1 aromatic carbocycles. The summed E-state index contributed by atoms with van der Waals surface area (Å²) in [6.07, 6.45) is 0.829. The van der Waals surface area contributed by atoms with Crippen LogP contribution in [0.3, 0.4) is 0 Å². The van der Waals surface area contributed by atoms with Gasteiger partial charge in [0.15, 0.2) is 0 Å². The monoisotopic (exact) mass is 314 g/mol. The number of amides is 1. The number of aromatic nitrogens is 1. The number of hydrogen-bond acceptors (Lipinski definition) is 2. The molecule has 0 saturated carbocycles. The summed E-state index contributed by atoms with van der Waals surface area (Å²) in [4.78, 5) is 12.4. The minimum atomic E-state index is -0.0190. The van der Waals surface area contributed by atoms with Gasteiger partial charge >= 0.3 is 0 Å². The van der Waals surface area contributed by atoms with Crippen molar-refractivity contribution in [2.45, 2.75) is 34.1 Å². The largest absolute Gasteiger partial charge is 0.382 e. The highest BCUT2D eigenvalue weighted by molar-refractivity contribution is 5.95. The van der Waals surface area contributed by atoms with Crippen molar-refractivity contribution in [3.63, 3.8) is 0 Å². The van der Waals surface area contributed by atoms with Crippen LogP contribution in [-0.2, 0) is 4.74 Å². The van der Waals surface area contributed by atoms with E-state index in [9.17, 15) is 4.79 Å². The first-order chi connectivity index (χ1) is 11.1. The number of carbonyl (C=O) groups excluding carboxylic acids is 1.